The molecule has 3 aromatic rings. The van der Waals surface area contributed by atoms with Gasteiger partial charge in [-0.05, 0) is 36.8 Å². The highest BCUT2D eigenvalue weighted by atomic mass is 32.2. The molecule has 0 aliphatic rings. The Labute approximate surface area is 147 Å². The van der Waals surface area contributed by atoms with E-state index in [-0.39, 0.29) is 22.6 Å². The van der Waals surface area contributed by atoms with E-state index in [1.807, 2.05) is 6.07 Å². The molecule has 0 saturated carbocycles. The largest absolute Gasteiger partial charge is 0.360 e. The minimum Gasteiger partial charge on any atom is -0.360 e. The second-order valence-corrected chi connectivity index (χ2v) is 6.97. The van der Waals surface area contributed by atoms with Crippen LogP contribution in [0, 0.1) is 29.9 Å². The van der Waals surface area contributed by atoms with Crippen LogP contribution in [0.25, 0.3) is 22.4 Å². The van der Waals surface area contributed by atoms with Gasteiger partial charge in [0.2, 0.25) is 10.0 Å². The van der Waals surface area contributed by atoms with Gasteiger partial charge in [0.25, 0.3) is 0 Å². The molecule has 0 saturated heterocycles. The molecule has 6 nitrogen and oxygen atoms in total. The lowest BCUT2D eigenvalue weighted by Gasteiger charge is -2.08. The maximum atomic E-state index is 14.2. The van der Waals surface area contributed by atoms with Crippen LogP contribution in [0.15, 0.2) is 45.8 Å². The summed E-state index contributed by atoms with van der Waals surface area (Å²) in [6.07, 6.45) is 0. The summed E-state index contributed by atoms with van der Waals surface area (Å²) in [6, 6.07) is 10.1. The van der Waals surface area contributed by atoms with Crippen molar-refractivity contribution >= 4 is 10.0 Å². The first-order valence-electron chi connectivity index (χ1n) is 7.21. The van der Waals surface area contributed by atoms with Crippen molar-refractivity contribution in [2.75, 3.05) is 0 Å². The molecule has 3 rings (SSSR count). The Hall–Kier alpha value is -3.09. The zero-order chi connectivity index (χ0) is 19.1. The van der Waals surface area contributed by atoms with Crippen LogP contribution in [0.3, 0.4) is 0 Å². The van der Waals surface area contributed by atoms with Crippen molar-refractivity contribution in [3.63, 3.8) is 0 Å². The van der Waals surface area contributed by atoms with Gasteiger partial charge in [-0.3, -0.25) is 0 Å². The molecule has 0 unspecified atom stereocenters. The van der Waals surface area contributed by atoms with Gasteiger partial charge in [-0.2, -0.15) is 5.26 Å². The van der Waals surface area contributed by atoms with E-state index in [0.29, 0.717) is 11.1 Å². The summed E-state index contributed by atoms with van der Waals surface area (Å²) < 4.78 is 56.2. The molecule has 0 aliphatic carbocycles. The van der Waals surface area contributed by atoms with Gasteiger partial charge in [0.05, 0.1) is 17.2 Å². The summed E-state index contributed by atoms with van der Waals surface area (Å²) in [6.45, 7) is 1.55. The van der Waals surface area contributed by atoms with Crippen LogP contribution in [0.1, 0.15) is 11.3 Å². The zero-order valence-electron chi connectivity index (χ0n) is 13.3. The number of benzene rings is 2. The summed E-state index contributed by atoms with van der Waals surface area (Å²) >= 11 is 0. The Kier molecular flexibility index (Phi) is 4.31. The topological polar surface area (TPSA) is 110 Å². The van der Waals surface area contributed by atoms with Crippen LogP contribution >= 0.6 is 0 Å². The Morgan fingerprint density at radius 3 is 2.38 bits per heavy atom. The smallest absolute Gasteiger partial charge is 0.243 e. The number of nitrogens with two attached hydrogens (primary N) is 1. The molecule has 0 aliphatic heterocycles. The summed E-state index contributed by atoms with van der Waals surface area (Å²) in [5.74, 6) is -2.37. The van der Waals surface area contributed by atoms with Crippen molar-refractivity contribution in [3.8, 4) is 28.5 Å². The van der Waals surface area contributed by atoms with Gasteiger partial charge < -0.3 is 4.52 Å². The number of aryl methyl sites for hydroxylation is 1. The number of hydrogen-bond acceptors (Lipinski definition) is 5. The van der Waals surface area contributed by atoms with E-state index < -0.39 is 26.6 Å². The molecule has 2 N–H and O–H groups in total. The quantitative estimate of drug-likeness (QED) is 0.756. The highest BCUT2D eigenvalue weighted by molar-refractivity contribution is 7.89. The predicted octanol–water partition coefficient (Wildman–Crippen LogP) is 3.11. The van der Waals surface area contributed by atoms with Crippen LogP contribution in [0.5, 0.6) is 0 Å². The zero-order valence-corrected chi connectivity index (χ0v) is 14.1. The lowest BCUT2D eigenvalue weighted by atomic mass is 9.98. The molecule has 0 bridgehead atoms. The molecule has 0 radical (unpaired) electrons. The SMILES string of the molecule is Cc1onc(-c2cccc(C#N)c2)c1-c1cc(F)c(S(N)(=O)=O)c(F)c1. The summed E-state index contributed by atoms with van der Waals surface area (Å²) in [4.78, 5) is -1.21. The normalized spacial score (nSPS) is 11.3. The number of primary sulfonamides is 1. The van der Waals surface area contributed by atoms with Crippen molar-refractivity contribution in [1.82, 2.24) is 5.16 Å². The average molecular weight is 375 g/mol. The van der Waals surface area contributed by atoms with Gasteiger partial charge in [-0.15, -0.1) is 0 Å². The first-order valence-corrected chi connectivity index (χ1v) is 8.76. The van der Waals surface area contributed by atoms with Crippen molar-refractivity contribution in [2.45, 2.75) is 11.8 Å². The van der Waals surface area contributed by atoms with E-state index >= 15 is 0 Å². The third kappa shape index (κ3) is 3.08. The molecule has 0 fully saturated rings. The van der Waals surface area contributed by atoms with E-state index in [2.05, 4.69) is 5.16 Å². The third-order valence-corrected chi connectivity index (χ3v) is 4.66. The second kappa shape index (κ2) is 6.33. The molecule has 0 atom stereocenters. The van der Waals surface area contributed by atoms with Crippen LogP contribution in [0.4, 0.5) is 8.78 Å². The van der Waals surface area contributed by atoms with Gasteiger partial charge >= 0.3 is 0 Å². The number of nitriles is 1. The first-order chi connectivity index (χ1) is 12.2. The minimum atomic E-state index is -4.56. The lowest BCUT2D eigenvalue weighted by Crippen LogP contribution is -2.16. The maximum absolute atomic E-state index is 14.2. The summed E-state index contributed by atoms with van der Waals surface area (Å²) in [5, 5.41) is 17.8. The van der Waals surface area contributed by atoms with Crippen LogP contribution in [-0.4, -0.2) is 13.6 Å². The van der Waals surface area contributed by atoms with Crippen LogP contribution < -0.4 is 5.14 Å². The number of rotatable bonds is 3. The van der Waals surface area contributed by atoms with E-state index in [9.17, 15) is 17.2 Å². The highest BCUT2D eigenvalue weighted by Gasteiger charge is 2.24. The highest BCUT2D eigenvalue weighted by Crippen LogP contribution is 2.36. The monoisotopic (exact) mass is 375 g/mol. The molecule has 132 valence electrons. The maximum Gasteiger partial charge on any atom is 0.243 e. The van der Waals surface area contributed by atoms with Gasteiger partial charge in [0.1, 0.15) is 23.1 Å². The Balaban J connectivity index is 2.24. The fraction of sp³-hybridized carbons (Fsp3) is 0.0588. The molecule has 2 aromatic carbocycles. The first kappa shape index (κ1) is 17.7. The number of hydrogen-bond donors (Lipinski definition) is 1. The van der Waals surface area contributed by atoms with Gasteiger partial charge in [0.15, 0.2) is 4.90 Å². The molecular formula is C17H11F2N3O3S. The fourth-order valence-electron chi connectivity index (χ4n) is 2.62. The van der Waals surface area contributed by atoms with E-state index in [1.54, 1.807) is 31.2 Å². The Morgan fingerprint density at radius 2 is 1.81 bits per heavy atom. The Bertz CT molecular complexity index is 1140. The molecule has 26 heavy (non-hydrogen) atoms. The summed E-state index contributed by atoms with van der Waals surface area (Å²) in [7, 11) is -4.56. The average Bonchev–Trinajstić information content (AvgIpc) is 2.94. The number of aromatic nitrogens is 1. The summed E-state index contributed by atoms with van der Waals surface area (Å²) in [5.41, 5.74) is 1.45. The number of nitrogens with zero attached hydrogens (tertiary/aromatic N) is 2. The van der Waals surface area contributed by atoms with Crippen molar-refractivity contribution in [1.29, 1.82) is 5.26 Å². The van der Waals surface area contributed by atoms with E-state index in [0.717, 1.165) is 12.1 Å². The van der Waals surface area contributed by atoms with Crippen LogP contribution in [0.2, 0.25) is 0 Å². The van der Waals surface area contributed by atoms with Gasteiger partial charge in [-0.1, -0.05) is 17.3 Å². The van der Waals surface area contributed by atoms with Crippen molar-refractivity contribution < 1.29 is 21.7 Å². The van der Waals surface area contributed by atoms with Crippen molar-refractivity contribution in [3.05, 3.63) is 59.4 Å². The fourth-order valence-corrected chi connectivity index (χ4v) is 3.28. The molecular weight excluding hydrogens is 364 g/mol. The molecule has 0 amide bonds. The Morgan fingerprint density at radius 1 is 1.15 bits per heavy atom. The minimum absolute atomic E-state index is 0.0310. The van der Waals surface area contributed by atoms with Gasteiger partial charge in [0, 0.05) is 5.56 Å². The van der Waals surface area contributed by atoms with Crippen molar-refractivity contribution in [2.24, 2.45) is 5.14 Å². The number of halogens is 2. The standard InChI is InChI=1S/C17H11F2N3O3S/c1-9-15(12-6-13(18)17(14(19)7-12)26(21,23)24)16(22-25-9)11-4-2-3-10(5-11)8-20/h2-7H,1H3,(H2,21,23,24). The molecule has 9 heteroatoms. The second-order valence-electron chi connectivity index (χ2n) is 5.47. The van der Waals surface area contributed by atoms with Crippen LogP contribution in [-0.2, 0) is 10.0 Å². The van der Waals surface area contributed by atoms with E-state index in [1.165, 1.54) is 0 Å². The van der Waals surface area contributed by atoms with E-state index in [4.69, 9.17) is 14.9 Å². The lowest BCUT2D eigenvalue weighted by molar-refractivity contribution is 0.400. The number of sulfonamides is 1. The molecule has 0 spiro atoms. The molecule has 1 aromatic heterocycles. The molecule has 1 heterocycles. The third-order valence-electron chi connectivity index (χ3n) is 3.70. The predicted molar refractivity (Wildman–Crippen MR) is 88.1 cm³/mol. The van der Waals surface area contributed by atoms with Gasteiger partial charge in [-0.25, -0.2) is 22.3 Å².